The summed E-state index contributed by atoms with van der Waals surface area (Å²) in [6, 6.07) is 7.61. The number of hydrogen-bond donors (Lipinski definition) is 0. The van der Waals surface area contributed by atoms with E-state index in [2.05, 4.69) is 6.07 Å². The van der Waals surface area contributed by atoms with Gasteiger partial charge in [-0.1, -0.05) is 0 Å². The van der Waals surface area contributed by atoms with Crippen molar-refractivity contribution in [1.82, 2.24) is 0 Å². The van der Waals surface area contributed by atoms with Crippen LogP contribution in [-0.2, 0) is 4.74 Å². The molecule has 0 aliphatic carbocycles. The zero-order valence-electron chi connectivity index (χ0n) is 9.40. The maximum absolute atomic E-state index is 8.75. The van der Waals surface area contributed by atoms with Gasteiger partial charge in [0.15, 0.2) is 0 Å². The third kappa shape index (κ3) is 2.53. The molecule has 0 bridgehead atoms. The van der Waals surface area contributed by atoms with Gasteiger partial charge in [-0.05, 0) is 37.1 Å². The van der Waals surface area contributed by atoms with E-state index in [1.54, 1.807) is 6.07 Å². The molecular weight excluding hydrogens is 202 g/mol. The Bertz CT molecular complexity index is 403. The lowest BCUT2D eigenvalue weighted by atomic mass is 10.1. The van der Waals surface area contributed by atoms with Gasteiger partial charge in [-0.25, -0.2) is 0 Å². The van der Waals surface area contributed by atoms with Crippen LogP contribution >= 0.6 is 0 Å². The van der Waals surface area contributed by atoms with E-state index < -0.39 is 0 Å². The van der Waals surface area contributed by atoms with Crippen LogP contribution in [0.2, 0.25) is 0 Å². The smallest absolute Gasteiger partial charge is 0.122 e. The average molecular weight is 217 g/mol. The zero-order chi connectivity index (χ0) is 11.4. The largest absolute Gasteiger partial charge is 0.493 e. The first-order valence-corrected chi connectivity index (χ1v) is 5.51. The Labute approximate surface area is 95.6 Å². The normalized spacial score (nSPS) is 19.4. The van der Waals surface area contributed by atoms with Crippen molar-refractivity contribution in [1.29, 1.82) is 5.26 Å². The van der Waals surface area contributed by atoms with Crippen molar-refractivity contribution in [3.63, 3.8) is 0 Å². The summed E-state index contributed by atoms with van der Waals surface area (Å²) in [5.41, 5.74) is 1.69. The fraction of sp³-hybridized carbons (Fsp3) is 0.462. The third-order valence-corrected chi connectivity index (χ3v) is 2.80. The van der Waals surface area contributed by atoms with Gasteiger partial charge in [0.05, 0.1) is 24.8 Å². The van der Waals surface area contributed by atoms with Gasteiger partial charge in [0.2, 0.25) is 0 Å². The van der Waals surface area contributed by atoms with Crippen LogP contribution in [0.1, 0.15) is 17.5 Å². The molecule has 84 valence electrons. The molecule has 1 heterocycles. The van der Waals surface area contributed by atoms with Crippen LogP contribution in [0.5, 0.6) is 5.75 Å². The van der Waals surface area contributed by atoms with E-state index in [-0.39, 0.29) is 0 Å². The Morgan fingerprint density at radius 3 is 3.06 bits per heavy atom. The molecule has 1 fully saturated rings. The summed E-state index contributed by atoms with van der Waals surface area (Å²) < 4.78 is 11.0. The molecule has 1 aromatic rings. The number of rotatable bonds is 3. The first kappa shape index (κ1) is 11.0. The van der Waals surface area contributed by atoms with E-state index in [0.29, 0.717) is 18.1 Å². The third-order valence-electron chi connectivity index (χ3n) is 2.80. The van der Waals surface area contributed by atoms with Gasteiger partial charge in [0.25, 0.3) is 0 Å². The summed E-state index contributed by atoms with van der Waals surface area (Å²) in [7, 11) is 0. The van der Waals surface area contributed by atoms with Crippen molar-refractivity contribution in [3.05, 3.63) is 29.3 Å². The highest BCUT2D eigenvalue weighted by Crippen LogP contribution is 2.21. The van der Waals surface area contributed by atoms with Crippen molar-refractivity contribution in [2.75, 3.05) is 19.8 Å². The minimum atomic E-state index is 0.509. The van der Waals surface area contributed by atoms with Crippen LogP contribution in [0.25, 0.3) is 0 Å². The first-order chi connectivity index (χ1) is 7.79. The number of benzene rings is 1. The van der Waals surface area contributed by atoms with Gasteiger partial charge >= 0.3 is 0 Å². The standard InChI is InChI=1S/C13H15NO2/c1-10-6-11(7-14)2-3-13(10)16-9-12-4-5-15-8-12/h2-3,6,12H,4-5,8-9H2,1H3. The highest BCUT2D eigenvalue weighted by atomic mass is 16.5. The van der Waals surface area contributed by atoms with Crippen LogP contribution in [0, 0.1) is 24.2 Å². The lowest BCUT2D eigenvalue weighted by Gasteiger charge is -2.12. The number of ether oxygens (including phenoxy) is 2. The zero-order valence-corrected chi connectivity index (χ0v) is 9.40. The Morgan fingerprint density at radius 2 is 2.44 bits per heavy atom. The lowest BCUT2D eigenvalue weighted by Crippen LogP contribution is -2.12. The maximum atomic E-state index is 8.75. The van der Waals surface area contributed by atoms with Gasteiger partial charge in [-0.3, -0.25) is 0 Å². The monoisotopic (exact) mass is 217 g/mol. The van der Waals surface area contributed by atoms with E-state index in [0.717, 1.165) is 30.9 Å². The van der Waals surface area contributed by atoms with Gasteiger partial charge in [0, 0.05) is 12.5 Å². The molecule has 0 radical (unpaired) electrons. The topological polar surface area (TPSA) is 42.2 Å². The number of hydrogen-bond acceptors (Lipinski definition) is 3. The maximum Gasteiger partial charge on any atom is 0.122 e. The van der Waals surface area contributed by atoms with Crippen LogP contribution < -0.4 is 4.74 Å². The number of nitriles is 1. The molecule has 1 aromatic carbocycles. The number of aryl methyl sites for hydroxylation is 1. The van der Waals surface area contributed by atoms with Gasteiger partial charge in [-0.2, -0.15) is 5.26 Å². The number of nitrogens with zero attached hydrogens (tertiary/aromatic N) is 1. The Balaban J connectivity index is 1.96. The predicted molar refractivity (Wildman–Crippen MR) is 60.3 cm³/mol. The summed E-state index contributed by atoms with van der Waals surface area (Å²) in [5.74, 6) is 1.38. The molecule has 1 aliphatic rings. The summed E-state index contributed by atoms with van der Waals surface area (Å²) in [5, 5.41) is 8.75. The highest BCUT2D eigenvalue weighted by Gasteiger charge is 2.16. The van der Waals surface area contributed by atoms with Crippen molar-refractivity contribution in [3.8, 4) is 11.8 Å². The van der Waals surface area contributed by atoms with Crippen molar-refractivity contribution >= 4 is 0 Å². The predicted octanol–water partition coefficient (Wildman–Crippen LogP) is 2.28. The molecule has 3 nitrogen and oxygen atoms in total. The van der Waals surface area contributed by atoms with Crippen LogP contribution in [-0.4, -0.2) is 19.8 Å². The van der Waals surface area contributed by atoms with Crippen molar-refractivity contribution in [2.24, 2.45) is 5.92 Å². The molecule has 0 spiro atoms. The molecule has 0 N–H and O–H groups in total. The van der Waals surface area contributed by atoms with E-state index >= 15 is 0 Å². The molecule has 1 unspecified atom stereocenters. The molecule has 1 saturated heterocycles. The quantitative estimate of drug-likeness (QED) is 0.780. The molecule has 0 aromatic heterocycles. The summed E-state index contributed by atoms with van der Waals surface area (Å²) >= 11 is 0. The minimum absolute atomic E-state index is 0.509. The second-order valence-electron chi connectivity index (χ2n) is 4.13. The average Bonchev–Trinajstić information content (AvgIpc) is 2.80. The van der Waals surface area contributed by atoms with Gasteiger partial charge in [0.1, 0.15) is 5.75 Å². The van der Waals surface area contributed by atoms with E-state index in [4.69, 9.17) is 14.7 Å². The van der Waals surface area contributed by atoms with Crippen molar-refractivity contribution < 1.29 is 9.47 Å². The molecule has 0 saturated carbocycles. The second-order valence-corrected chi connectivity index (χ2v) is 4.13. The fourth-order valence-corrected chi connectivity index (χ4v) is 1.80. The highest BCUT2D eigenvalue weighted by molar-refractivity contribution is 5.41. The molecule has 1 atom stereocenters. The van der Waals surface area contributed by atoms with E-state index in [9.17, 15) is 0 Å². The van der Waals surface area contributed by atoms with Crippen LogP contribution in [0.15, 0.2) is 18.2 Å². The Kier molecular flexibility index (Phi) is 3.43. The molecule has 16 heavy (non-hydrogen) atoms. The summed E-state index contributed by atoms with van der Waals surface area (Å²) in [6.07, 6.45) is 1.08. The molecule has 2 rings (SSSR count). The SMILES string of the molecule is Cc1cc(C#N)ccc1OCC1CCOC1. The summed E-state index contributed by atoms with van der Waals surface area (Å²) in [4.78, 5) is 0. The van der Waals surface area contributed by atoms with Crippen LogP contribution in [0.4, 0.5) is 0 Å². The molecule has 1 aliphatic heterocycles. The Morgan fingerprint density at radius 1 is 1.56 bits per heavy atom. The summed E-state index contributed by atoms with van der Waals surface area (Å²) in [6.45, 7) is 4.31. The minimum Gasteiger partial charge on any atom is -0.493 e. The Hall–Kier alpha value is -1.53. The molecular formula is C13H15NO2. The van der Waals surface area contributed by atoms with Crippen LogP contribution in [0.3, 0.4) is 0 Å². The fourth-order valence-electron chi connectivity index (χ4n) is 1.80. The van der Waals surface area contributed by atoms with E-state index in [1.165, 1.54) is 0 Å². The second kappa shape index (κ2) is 5.00. The first-order valence-electron chi connectivity index (χ1n) is 5.51. The molecule has 0 amide bonds. The molecule has 3 heteroatoms. The van der Waals surface area contributed by atoms with Gasteiger partial charge < -0.3 is 9.47 Å². The van der Waals surface area contributed by atoms with Gasteiger partial charge in [-0.15, -0.1) is 0 Å². The van der Waals surface area contributed by atoms with Crippen molar-refractivity contribution in [2.45, 2.75) is 13.3 Å². The van der Waals surface area contributed by atoms with E-state index in [1.807, 2.05) is 19.1 Å². The lowest BCUT2D eigenvalue weighted by molar-refractivity contribution is 0.167.